The van der Waals surface area contributed by atoms with Crippen molar-refractivity contribution >= 4 is 53.9 Å². The molecule has 0 fully saturated rings. The third kappa shape index (κ3) is 3.49. The Labute approximate surface area is 244 Å². The van der Waals surface area contributed by atoms with Crippen LogP contribution in [0.3, 0.4) is 0 Å². The van der Waals surface area contributed by atoms with E-state index in [0.717, 1.165) is 0 Å². The van der Waals surface area contributed by atoms with Gasteiger partial charge in [-0.2, -0.15) is 0 Å². The minimum Gasteiger partial charge on any atom is -0.0616 e. The molecule has 194 valence electrons. The molecule has 0 nitrogen and oxygen atoms in total. The summed E-state index contributed by atoms with van der Waals surface area (Å²) in [7, 11) is 0. The number of rotatable bonds is 3. The fourth-order valence-electron chi connectivity index (χ4n) is 6.98. The van der Waals surface area contributed by atoms with Crippen LogP contribution in [-0.2, 0) is 0 Å². The Morgan fingerprint density at radius 1 is 0.238 bits per heavy atom. The van der Waals surface area contributed by atoms with E-state index >= 15 is 0 Å². The summed E-state index contributed by atoms with van der Waals surface area (Å²) >= 11 is 0. The zero-order valence-electron chi connectivity index (χ0n) is 23.0. The highest BCUT2D eigenvalue weighted by Crippen LogP contribution is 2.43. The fourth-order valence-corrected chi connectivity index (χ4v) is 6.98. The predicted molar refractivity (Wildman–Crippen MR) is 181 cm³/mol. The van der Waals surface area contributed by atoms with Gasteiger partial charge in [0.15, 0.2) is 0 Å². The summed E-state index contributed by atoms with van der Waals surface area (Å²) in [6, 6.07) is 58.1. The van der Waals surface area contributed by atoms with Crippen molar-refractivity contribution in [2.45, 2.75) is 0 Å². The van der Waals surface area contributed by atoms with Crippen LogP contribution in [0.2, 0.25) is 0 Å². The first-order valence-corrected chi connectivity index (χ1v) is 14.6. The van der Waals surface area contributed by atoms with Gasteiger partial charge in [0.1, 0.15) is 0 Å². The van der Waals surface area contributed by atoms with Crippen LogP contribution in [0.25, 0.3) is 87.2 Å². The second kappa shape index (κ2) is 9.03. The van der Waals surface area contributed by atoms with E-state index < -0.39 is 0 Å². The second-order valence-electron chi connectivity index (χ2n) is 11.3. The van der Waals surface area contributed by atoms with Crippen molar-refractivity contribution in [1.82, 2.24) is 0 Å². The monoisotopic (exact) mass is 530 g/mol. The van der Waals surface area contributed by atoms with Gasteiger partial charge in [0.25, 0.3) is 0 Å². The lowest BCUT2D eigenvalue weighted by Crippen LogP contribution is -1.90. The maximum Gasteiger partial charge on any atom is -0.00201 e. The van der Waals surface area contributed by atoms with Crippen molar-refractivity contribution in [2.75, 3.05) is 0 Å². The highest BCUT2D eigenvalue weighted by atomic mass is 14.2. The lowest BCUT2D eigenvalue weighted by atomic mass is 9.86. The van der Waals surface area contributed by atoms with Gasteiger partial charge in [-0.3, -0.25) is 0 Å². The van der Waals surface area contributed by atoms with Gasteiger partial charge in [0.05, 0.1) is 0 Å². The maximum absolute atomic E-state index is 2.39. The topological polar surface area (TPSA) is 0 Å². The van der Waals surface area contributed by atoms with Crippen LogP contribution in [0.15, 0.2) is 158 Å². The number of benzene rings is 9. The van der Waals surface area contributed by atoms with E-state index in [2.05, 4.69) is 158 Å². The standard InChI is InChI=1S/C42H26/c1-2-9-32-25-33(20-15-27(32)7-1)40-26-34-22-23-37(39-24-21-31-11-6-14-38(40)41(31)42(34)39)30-18-16-29(17-19-30)36-13-5-10-28-8-3-4-12-35(28)36/h1-26H. The molecule has 9 rings (SSSR count). The molecule has 0 radical (unpaired) electrons. The maximum atomic E-state index is 2.39. The zero-order valence-corrected chi connectivity index (χ0v) is 23.0. The molecule has 0 N–H and O–H groups in total. The molecule has 0 aromatic heterocycles. The van der Waals surface area contributed by atoms with Gasteiger partial charge in [-0.1, -0.05) is 146 Å². The first-order chi connectivity index (χ1) is 20.8. The first kappa shape index (κ1) is 23.3. The predicted octanol–water partition coefficient (Wildman–Crippen LogP) is 11.9. The van der Waals surface area contributed by atoms with Gasteiger partial charge in [0, 0.05) is 0 Å². The van der Waals surface area contributed by atoms with Gasteiger partial charge in [0.2, 0.25) is 0 Å². The van der Waals surface area contributed by atoms with Crippen LogP contribution in [0.5, 0.6) is 0 Å². The van der Waals surface area contributed by atoms with Gasteiger partial charge < -0.3 is 0 Å². The molecule has 0 atom stereocenters. The Hall–Kier alpha value is -5.46. The van der Waals surface area contributed by atoms with E-state index in [0.29, 0.717) is 0 Å². The Balaban J connectivity index is 1.22. The molecule has 9 aromatic rings. The molecule has 0 saturated carbocycles. The van der Waals surface area contributed by atoms with E-state index in [4.69, 9.17) is 0 Å². The molecule has 0 unspecified atom stereocenters. The van der Waals surface area contributed by atoms with Gasteiger partial charge >= 0.3 is 0 Å². The zero-order chi connectivity index (χ0) is 27.6. The van der Waals surface area contributed by atoms with Crippen LogP contribution >= 0.6 is 0 Å². The summed E-state index contributed by atoms with van der Waals surface area (Å²) in [6.07, 6.45) is 0. The Morgan fingerprint density at radius 2 is 0.786 bits per heavy atom. The third-order valence-electron chi connectivity index (χ3n) is 9.00. The van der Waals surface area contributed by atoms with Gasteiger partial charge in [-0.05, 0) is 99.4 Å². The van der Waals surface area contributed by atoms with Crippen LogP contribution in [0.4, 0.5) is 0 Å². The van der Waals surface area contributed by atoms with Gasteiger partial charge in [-0.25, -0.2) is 0 Å². The summed E-state index contributed by atoms with van der Waals surface area (Å²) in [6.45, 7) is 0. The highest BCUT2D eigenvalue weighted by Gasteiger charge is 2.16. The van der Waals surface area contributed by atoms with Crippen LogP contribution in [0.1, 0.15) is 0 Å². The highest BCUT2D eigenvalue weighted by molar-refractivity contribution is 6.28. The van der Waals surface area contributed by atoms with Crippen molar-refractivity contribution in [2.24, 2.45) is 0 Å². The van der Waals surface area contributed by atoms with Crippen LogP contribution in [0, 0.1) is 0 Å². The van der Waals surface area contributed by atoms with Crippen LogP contribution in [-0.4, -0.2) is 0 Å². The van der Waals surface area contributed by atoms with Crippen molar-refractivity contribution < 1.29 is 0 Å². The van der Waals surface area contributed by atoms with Gasteiger partial charge in [-0.15, -0.1) is 0 Å². The molecule has 0 heterocycles. The lowest BCUT2D eigenvalue weighted by Gasteiger charge is -2.17. The smallest absolute Gasteiger partial charge is 0.00201 e. The van der Waals surface area contributed by atoms with Crippen molar-refractivity contribution in [3.63, 3.8) is 0 Å². The average Bonchev–Trinajstić information content (AvgIpc) is 3.06. The number of hydrogen-bond donors (Lipinski definition) is 0. The van der Waals surface area contributed by atoms with E-state index in [1.807, 2.05) is 0 Å². The summed E-state index contributed by atoms with van der Waals surface area (Å²) < 4.78 is 0. The quantitative estimate of drug-likeness (QED) is 0.199. The van der Waals surface area contributed by atoms with E-state index in [1.54, 1.807) is 0 Å². The molecule has 0 amide bonds. The molecule has 0 bridgehead atoms. The molecule has 42 heavy (non-hydrogen) atoms. The molecular formula is C42H26. The number of fused-ring (bicyclic) bond motifs is 2. The van der Waals surface area contributed by atoms with Crippen molar-refractivity contribution in [1.29, 1.82) is 0 Å². The Kier molecular flexibility index (Phi) is 5.00. The van der Waals surface area contributed by atoms with Crippen molar-refractivity contribution in [3.05, 3.63) is 158 Å². The molecule has 0 aliphatic heterocycles. The SMILES string of the molecule is c1ccc2cc(-c3cc4ccc(-c5ccc(-c6cccc7ccccc67)cc5)c5ccc6cccc3c6c45)ccc2c1. The fraction of sp³-hybridized carbons (Fsp3) is 0. The lowest BCUT2D eigenvalue weighted by molar-refractivity contribution is 1.63. The Morgan fingerprint density at radius 3 is 1.64 bits per heavy atom. The summed E-state index contributed by atoms with van der Waals surface area (Å²) in [5, 5.41) is 13.0. The molecule has 9 aromatic carbocycles. The van der Waals surface area contributed by atoms with E-state index in [1.165, 1.54) is 87.2 Å². The largest absolute Gasteiger partial charge is 0.0616 e. The third-order valence-corrected chi connectivity index (χ3v) is 9.00. The summed E-state index contributed by atoms with van der Waals surface area (Å²) in [4.78, 5) is 0. The molecule has 0 spiro atoms. The van der Waals surface area contributed by atoms with E-state index in [9.17, 15) is 0 Å². The molecule has 0 aliphatic carbocycles. The average molecular weight is 531 g/mol. The van der Waals surface area contributed by atoms with Crippen LogP contribution < -0.4 is 0 Å². The summed E-state index contributed by atoms with van der Waals surface area (Å²) in [5.41, 5.74) is 7.59. The minimum absolute atomic E-state index is 1.24. The second-order valence-corrected chi connectivity index (χ2v) is 11.3. The number of hydrogen-bond acceptors (Lipinski definition) is 0. The molecule has 0 saturated heterocycles. The Bertz CT molecular complexity index is 2440. The first-order valence-electron chi connectivity index (χ1n) is 14.6. The molecular weight excluding hydrogens is 504 g/mol. The van der Waals surface area contributed by atoms with Crippen molar-refractivity contribution in [3.8, 4) is 33.4 Å². The molecule has 0 aliphatic rings. The normalized spacial score (nSPS) is 11.8. The summed E-state index contributed by atoms with van der Waals surface area (Å²) in [5.74, 6) is 0. The molecule has 0 heteroatoms. The minimum atomic E-state index is 1.24. The van der Waals surface area contributed by atoms with E-state index in [-0.39, 0.29) is 0 Å².